The van der Waals surface area contributed by atoms with Crippen LogP contribution >= 0.6 is 0 Å². The first kappa shape index (κ1) is 14.7. The first-order valence-electron chi connectivity index (χ1n) is 7.87. The Morgan fingerprint density at radius 1 is 1.38 bits per heavy atom. The van der Waals surface area contributed by atoms with Gasteiger partial charge in [0.15, 0.2) is 0 Å². The first-order chi connectivity index (χ1) is 11.6. The normalized spacial score (nSPS) is 16.0. The zero-order chi connectivity index (χ0) is 16.7. The quantitative estimate of drug-likeness (QED) is 0.697. The minimum Gasteiger partial charge on any atom is -0.450 e. The molecular formula is C16H17N5O3. The van der Waals surface area contributed by atoms with E-state index < -0.39 is 6.16 Å². The summed E-state index contributed by atoms with van der Waals surface area (Å²) >= 11 is 0. The first-order valence-corrected chi connectivity index (χ1v) is 7.87. The third-order valence-corrected chi connectivity index (χ3v) is 4.35. The van der Waals surface area contributed by atoms with Crippen molar-refractivity contribution in [3.63, 3.8) is 0 Å². The number of nitrogens with zero attached hydrogens (tertiary/aromatic N) is 4. The van der Waals surface area contributed by atoms with Crippen molar-refractivity contribution in [1.29, 1.82) is 0 Å². The van der Waals surface area contributed by atoms with Gasteiger partial charge in [0, 0.05) is 37.5 Å². The summed E-state index contributed by atoms with van der Waals surface area (Å²) in [6.45, 7) is 3.25. The van der Waals surface area contributed by atoms with Crippen LogP contribution in [0.2, 0.25) is 0 Å². The average Bonchev–Trinajstić information content (AvgIpc) is 3.02. The fourth-order valence-electron chi connectivity index (χ4n) is 3.28. The second-order valence-electron chi connectivity index (χ2n) is 5.92. The van der Waals surface area contributed by atoms with Crippen LogP contribution in [0.5, 0.6) is 0 Å². The third-order valence-electron chi connectivity index (χ3n) is 4.35. The van der Waals surface area contributed by atoms with Crippen molar-refractivity contribution in [1.82, 2.24) is 19.9 Å². The predicted molar refractivity (Wildman–Crippen MR) is 88.3 cm³/mol. The highest BCUT2D eigenvalue weighted by Gasteiger charge is 2.25. The van der Waals surface area contributed by atoms with Gasteiger partial charge < -0.3 is 19.7 Å². The Labute approximate surface area is 137 Å². The summed E-state index contributed by atoms with van der Waals surface area (Å²) in [5.74, 6) is 1.57. The summed E-state index contributed by atoms with van der Waals surface area (Å²) in [7, 11) is 0. The summed E-state index contributed by atoms with van der Waals surface area (Å²) in [5.41, 5.74) is 1.62. The number of H-pyrrole nitrogens is 1. The molecule has 124 valence electrons. The van der Waals surface area contributed by atoms with Crippen molar-refractivity contribution >= 4 is 33.9 Å². The number of fused-ring (bicyclic) bond motifs is 3. The molecule has 3 aromatic rings. The summed E-state index contributed by atoms with van der Waals surface area (Å²) in [6, 6.07) is 1.98. The molecule has 0 saturated carbocycles. The van der Waals surface area contributed by atoms with Crippen LogP contribution < -0.4 is 4.90 Å². The van der Waals surface area contributed by atoms with Crippen LogP contribution in [0.4, 0.5) is 10.6 Å². The molecule has 0 bridgehead atoms. The lowest BCUT2D eigenvalue weighted by molar-refractivity contribution is 0.0416. The van der Waals surface area contributed by atoms with Gasteiger partial charge in [-0.1, -0.05) is 0 Å². The molecule has 0 unspecified atom stereocenters. The minimum atomic E-state index is -1.21. The molecule has 1 aliphatic rings. The van der Waals surface area contributed by atoms with Gasteiger partial charge in [-0.25, -0.2) is 19.7 Å². The molecule has 24 heavy (non-hydrogen) atoms. The zero-order valence-electron chi connectivity index (χ0n) is 13.2. The van der Waals surface area contributed by atoms with E-state index >= 15 is 0 Å². The summed E-state index contributed by atoms with van der Waals surface area (Å²) in [4.78, 5) is 29.5. The Kier molecular flexibility index (Phi) is 3.44. The molecule has 8 heteroatoms. The molecule has 8 nitrogen and oxygen atoms in total. The minimum absolute atomic E-state index is 0.248. The maximum absolute atomic E-state index is 10.7. The number of anilines is 1. The lowest BCUT2D eigenvalue weighted by atomic mass is 10.1. The van der Waals surface area contributed by atoms with Crippen LogP contribution in [0.25, 0.3) is 21.9 Å². The van der Waals surface area contributed by atoms with E-state index in [9.17, 15) is 4.79 Å². The Morgan fingerprint density at radius 3 is 2.92 bits per heavy atom. The summed E-state index contributed by atoms with van der Waals surface area (Å²) in [5, 5.41) is 10.7. The van der Waals surface area contributed by atoms with Gasteiger partial charge in [0.05, 0.1) is 17.1 Å². The largest absolute Gasteiger partial charge is 0.506 e. The van der Waals surface area contributed by atoms with Gasteiger partial charge >= 0.3 is 6.16 Å². The number of rotatable bonds is 2. The lowest BCUT2D eigenvalue weighted by Gasteiger charge is -2.32. The van der Waals surface area contributed by atoms with Crippen molar-refractivity contribution in [3.05, 3.63) is 24.3 Å². The zero-order valence-corrected chi connectivity index (χ0v) is 13.2. The maximum Gasteiger partial charge on any atom is 0.506 e. The smallest absolute Gasteiger partial charge is 0.450 e. The number of carbonyl (C=O) groups is 1. The number of hydrogen-bond donors (Lipinski definition) is 2. The van der Waals surface area contributed by atoms with Crippen molar-refractivity contribution in [2.75, 3.05) is 18.0 Å². The van der Waals surface area contributed by atoms with Gasteiger partial charge in [0.2, 0.25) is 0 Å². The molecule has 1 aliphatic heterocycles. The Bertz CT molecular complexity index is 915. The second-order valence-corrected chi connectivity index (χ2v) is 5.92. The van der Waals surface area contributed by atoms with E-state index in [-0.39, 0.29) is 6.10 Å². The van der Waals surface area contributed by atoms with Crippen LogP contribution in [0.1, 0.15) is 18.7 Å². The highest BCUT2D eigenvalue weighted by Crippen LogP contribution is 2.31. The number of piperidine rings is 1. The van der Waals surface area contributed by atoms with E-state index in [0.29, 0.717) is 31.8 Å². The number of pyridine rings is 1. The summed E-state index contributed by atoms with van der Waals surface area (Å²) in [6.07, 6.45) is 3.45. The molecule has 0 amide bonds. The molecule has 0 aromatic carbocycles. The van der Waals surface area contributed by atoms with Crippen LogP contribution in [-0.2, 0) is 4.74 Å². The van der Waals surface area contributed by atoms with E-state index in [1.165, 1.54) is 0 Å². The molecule has 3 aromatic heterocycles. The van der Waals surface area contributed by atoms with Crippen molar-refractivity contribution in [3.8, 4) is 0 Å². The predicted octanol–water partition coefficient (Wildman–Crippen LogP) is 2.48. The average molecular weight is 327 g/mol. The molecule has 1 saturated heterocycles. The number of aromatic nitrogens is 4. The van der Waals surface area contributed by atoms with E-state index in [2.05, 4.69) is 24.8 Å². The second kappa shape index (κ2) is 5.63. The maximum atomic E-state index is 10.7. The lowest BCUT2D eigenvalue weighted by Crippen LogP contribution is -2.38. The Balaban J connectivity index is 1.74. The SMILES string of the molecule is Cc1nc(N2CCC(OC(=O)O)CC2)c2c(cnc3[nH]ccc32)n1. The Morgan fingerprint density at radius 2 is 2.17 bits per heavy atom. The highest BCUT2D eigenvalue weighted by molar-refractivity contribution is 6.09. The van der Waals surface area contributed by atoms with Gasteiger partial charge in [-0.05, 0) is 13.0 Å². The third kappa shape index (κ3) is 2.49. The fraction of sp³-hybridized carbons (Fsp3) is 0.375. The molecule has 4 heterocycles. The van der Waals surface area contributed by atoms with E-state index in [0.717, 1.165) is 27.8 Å². The van der Waals surface area contributed by atoms with Crippen LogP contribution in [-0.4, -0.2) is 50.4 Å². The van der Waals surface area contributed by atoms with Crippen molar-refractivity contribution in [2.45, 2.75) is 25.9 Å². The van der Waals surface area contributed by atoms with Gasteiger partial charge in [-0.2, -0.15) is 0 Å². The van der Waals surface area contributed by atoms with Gasteiger partial charge in [0.1, 0.15) is 23.4 Å². The number of hydrogen-bond acceptors (Lipinski definition) is 6. The molecule has 4 rings (SSSR count). The molecule has 0 aliphatic carbocycles. The van der Waals surface area contributed by atoms with Crippen LogP contribution in [0, 0.1) is 6.92 Å². The van der Waals surface area contributed by atoms with Crippen LogP contribution in [0.3, 0.4) is 0 Å². The topological polar surface area (TPSA) is 104 Å². The number of aromatic amines is 1. The summed E-state index contributed by atoms with van der Waals surface area (Å²) < 4.78 is 4.89. The van der Waals surface area contributed by atoms with E-state index in [1.807, 2.05) is 19.2 Å². The molecule has 2 N–H and O–H groups in total. The number of ether oxygens (including phenoxy) is 1. The number of nitrogens with one attached hydrogen (secondary N) is 1. The number of carboxylic acid groups (broad SMARTS) is 1. The number of aryl methyl sites for hydroxylation is 1. The Hall–Kier alpha value is -2.90. The van der Waals surface area contributed by atoms with Crippen molar-refractivity contribution in [2.24, 2.45) is 0 Å². The molecule has 0 radical (unpaired) electrons. The van der Waals surface area contributed by atoms with Crippen molar-refractivity contribution < 1.29 is 14.6 Å². The molecule has 0 spiro atoms. The highest BCUT2D eigenvalue weighted by atomic mass is 16.7. The van der Waals surface area contributed by atoms with Crippen LogP contribution in [0.15, 0.2) is 18.5 Å². The molecule has 0 atom stereocenters. The monoisotopic (exact) mass is 327 g/mol. The fourth-order valence-corrected chi connectivity index (χ4v) is 3.28. The van der Waals surface area contributed by atoms with Gasteiger partial charge in [-0.3, -0.25) is 0 Å². The van der Waals surface area contributed by atoms with Gasteiger partial charge in [-0.15, -0.1) is 0 Å². The van der Waals surface area contributed by atoms with E-state index in [1.54, 1.807) is 6.20 Å². The molecular weight excluding hydrogens is 310 g/mol. The molecule has 1 fully saturated rings. The standard InChI is InChI=1S/C16H17N5O3/c1-9-19-12-8-18-14-11(2-5-17-14)13(12)15(20-9)21-6-3-10(4-7-21)24-16(22)23/h2,5,8,10H,3-4,6-7H2,1H3,(H,17,18)(H,22,23). The van der Waals surface area contributed by atoms with E-state index in [4.69, 9.17) is 9.84 Å². The van der Waals surface area contributed by atoms with Gasteiger partial charge in [0.25, 0.3) is 0 Å².